The SMILES string of the molecule is NC[C@@H]1C[C@H]1C1(c2ccccc2)CCCC1. The summed E-state index contributed by atoms with van der Waals surface area (Å²) in [6.07, 6.45) is 6.95. The summed E-state index contributed by atoms with van der Waals surface area (Å²) in [6, 6.07) is 11.2. The molecule has 86 valence electrons. The minimum Gasteiger partial charge on any atom is -0.330 e. The molecule has 0 amide bonds. The fourth-order valence-electron chi connectivity index (χ4n) is 3.83. The minimum atomic E-state index is 0.491. The lowest BCUT2D eigenvalue weighted by molar-refractivity contribution is 0.361. The average Bonchev–Trinajstić information content (AvgIpc) is 2.99. The predicted molar refractivity (Wildman–Crippen MR) is 67.2 cm³/mol. The van der Waals surface area contributed by atoms with E-state index in [-0.39, 0.29) is 0 Å². The molecule has 2 aliphatic carbocycles. The van der Waals surface area contributed by atoms with Gasteiger partial charge in [0.25, 0.3) is 0 Å². The molecule has 0 heterocycles. The third-order valence-electron chi connectivity index (χ3n) is 4.78. The van der Waals surface area contributed by atoms with Gasteiger partial charge in [-0.2, -0.15) is 0 Å². The number of rotatable bonds is 3. The van der Waals surface area contributed by atoms with E-state index in [9.17, 15) is 0 Å². The third kappa shape index (κ3) is 1.49. The third-order valence-corrected chi connectivity index (χ3v) is 4.78. The summed E-state index contributed by atoms with van der Waals surface area (Å²) in [5, 5.41) is 0. The Balaban J connectivity index is 1.92. The molecule has 2 aliphatic rings. The van der Waals surface area contributed by atoms with Crippen LogP contribution in [0, 0.1) is 11.8 Å². The van der Waals surface area contributed by atoms with Crippen LogP contribution < -0.4 is 5.73 Å². The van der Waals surface area contributed by atoms with Gasteiger partial charge in [0.15, 0.2) is 0 Å². The molecule has 0 aliphatic heterocycles. The molecule has 0 bridgehead atoms. The summed E-state index contributed by atoms with van der Waals surface area (Å²) >= 11 is 0. The van der Waals surface area contributed by atoms with Gasteiger partial charge in [-0.05, 0) is 48.6 Å². The van der Waals surface area contributed by atoms with E-state index in [1.54, 1.807) is 5.56 Å². The highest BCUT2D eigenvalue weighted by Gasteiger charge is 2.53. The molecule has 1 heteroatoms. The molecule has 1 aromatic carbocycles. The number of benzene rings is 1. The van der Waals surface area contributed by atoms with Crippen molar-refractivity contribution in [2.75, 3.05) is 6.54 Å². The van der Waals surface area contributed by atoms with E-state index in [0.717, 1.165) is 18.4 Å². The molecule has 16 heavy (non-hydrogen) atoms. The van der Waals surface area contributed by atoms with Crippen LogP contribution in [0.2, 0.25) is 0 Å². The van der Waals surface area contributed by atoms with Crippen LogP contribution >= 0.6 is 0 Å². The standard InChI is InChI=1S/C15H21N/c16-11-12-10-14(12)15(8-4-5-9-15)13-6-2-1-3-7-13/h1-3,6-7,12,14H,4-5,8-11,16H2/t12-,14+/m0/s1. The summed E-state index contributed by atoms with van der Waals surface area (Å²) < 4.78 is 0. The topological polar surface area (TPSA) is 26.0 Å². The van der Waals surface area contributed by atoms with Gasteiger partial charge in [0.2, 0.25) is 0 Å². The zero-order valence-electron chi connectivity index (χ0n) is 9.86. The van der Waals surface area contributed by atoms with Crippen molar-refractivity contribution in [2.24, 2.45) is 17.6 Å². The van der Waals surface area contributed by atoms with E-state index in [4.69, 9.17) is 5.73 Å². The molecule has 0 spiro atoms. The van der Waals surface area contributed by atoms with Crippen LogP contribution in [0.15, 0.2) is 30.3 Å². The summed E-state index contributed by atoms with van der Waals surface area (Å²) in [7, 11) is 0. The van der Waals surface area contributed by atoms with Crippen LogP contribution in [-0.2, 0) is 5.41 Å². The van der Waals surface area contributed by atoms with Gasteiger partial charge in [-0.1, -0.05) is 43.2 Å². The molecule has 2 atom stereocenters. The van der Waals surface area contributed by atoms with Crippen LogP contribution in [0.4, 0.5) is 0 Å². The van der Waals surface area contributed by atoms with Crippen LogP contribution in [0.25, 0.3) is 0 Å². The minimum absolute atomic E-state index is 0.491. The van der Waals surface area contributed by atoms with Gasteiger partial charge in [0, 0.05) is 0 Å². The molecule has 3 rings (SSSR count). The van der Waals surface area contributed by atoms with Gasteiger partial charge >= 0.3 is 0 Å². The Morgan fingerprint density at radius 1 is 1.12 bits per heavy atom. The fourth-order valence-corrected chi connectivity index (χ4v) is 3.83. The lowest BCUT2D eigenvalue weighted by Crippen LogP contribution is -2.26. The van der Waals surface area contributed by atoms with Crippen molar-refractivity contribution in [3.05, 3.63) is 35.9 Å². The first-order valence-corrected chi connectivity index (χ1v) is 6.62. The summed E-state index contributed by atoms with van der Waals surface area (Å²) in [6.45, 7) is 0.888. The quantitative estimate of drug-likeness (QED) is 0.824. The second kappa shape index (κ2) is 3.89. The normalized spacial score (nSPS) is 31.6. The summed E-state index contributed by atoms with van der Waals surface area (Å²) in [5.74, 6) is 1.68. The van der Waals surface area contributed by atoms with Crippen LogP contribution in [-0.4, -0.2) is 6.54 Å². The molecule has 1 aromatic rings. The van der Waals surface area contributed by atoms with Gasteiger partial charge in [-0.3, -0.25) is 0 Å². The zero-order chi connectivity index (χ0) is 11.0. The van der Waals surface area contributed by atoms with Crippen molar-refractivity contribution in [1.29, 1.82) is 0 Å². The Kier molecular flexibility index (Phi) is 2.51. The monoisotopic (exact) mass is 215 g/mol. The summed E-state index contributed by atoms with van der Waals surface area (Å²) in [5.41, 5.74) is 7.90. The summed E-state index contributed by atoms with van der Waals surface area (Å²) in [4.78, 5) is 0. The van der Waals surface area contributed by atoms with Gasteiger partial charge in [0.05, 0.1) is 0 Å². The Hall–Kier alpha value is -0.820. The number of hydrogen-bond acceptors (Lipinski definition) is 1. The molecule has 0 unspecified atom stereocenters. The molecule has 0 saturated heterocycles. The van der Waals surface area contributed by atoms with Gasteiger partial charge in [0.1, 0.15) is 0 Å². The zero-order valence-corrected chi connectivity index (χ0v) is 9.86. The maximum Gasteiger partial charge on any atom is -0.00155 e. The van der Waals surface area contributed by atoms with Crippen LogP contribution in [0.1, 0.15) is 37.7 Å². The van der Waals surface area contributed by atoms with E-state index in [0.29, 0.717) is 5.41 Å². The molecule has 2 saturated carbocycles. The maximum atomic E-state index is 5.83. The molecule has 2 fully saturated rings. The molecular weight excluding hydrogens is 194 g/mol. The van der Waals surface area contributed by atoms with Crippen molar-refractivity contribution < 1.29 is 0 Å². The highest BCUT2D eigenvalue weighted by molar-refractivity contribution is 5.30. The smallest absolute Gasteiger partial charge is 0.00155 e. The Bertz CT molecular complexity index is 351. The van der Waals surface area contributed by atoms with E-state index < -0.39 is 0 Å². The largest absolute Gasteiger partial charge is 0.330 e. The van der Waals surface area contributed by atoms with Crippen LogP contribution in [0.5, 0.6) is 0 Å². The Labute approximate surface area is 98.0 Å². The lowest BCUT2D eigenvalue weighted by Gasteiger charge is -2.30. The second-order valence-electron chi connectivity index (χ2n) is 5.57. The van der Waals surface area contributed by atoms with E-state index in [1.165, 1.54) is 32.1 Å². The predicted octanol–water partition coefficient (Wildman–Crippen LogP) is 3.09. The highest BCUT2D eigenvalue weighted by Crippen LogP contribution is 2.58. The first kappa shape index (κ1) is 10.3. The number of nitrogens with two attached hydrogens (primary N) is 1. The molecule has 1 nitrogen and oxygen atoms in total. The van der Waals surface area contributed by atoms with Crippen molar-refractivity contribution in [1.82, 2.24) is 0 Å². The van der Waals surface area contributed by atoms with E-state index in [1.807, 2.05) is 0 Å². The molecular formula is C15H21N. The van der Waals surface area contributed by atoms with E-state index in [2.05, 4.69) is 30.3 Å². The first-order chi connectivity index (χ1) is 7.87. The average molecular weight is 215 g/mol. The maximum absolute atomic E-state index is 5.83. The Morgan fingerprint density at radius 2 is 1.81 bits per heavy atom. The lowest BCUT2D eigenvalue weighted by atomic mass is 9.74. The Morgan fingerprint density at radius 3 is 2.38 bits per heavy atom. The molecule has 0 radical (unpaired) electrons. The fraction of sp³-hybridized carbons (Fsp3) is 0.600. The number of hydrogen-bond donors (Lipinski definition) is 1. The first-order valence-electron chi connectivity index (χ1n) is 6.62. The second-order valence-corrected chi connectivity index (χ2v) is 5.57. The molecule has 0 aromatic heterocycles. The van der Waals surface area contributed by atoms with Gasteiger partial charge in [-0.15, -0.1) is 0 Å². The van der Waals surface area contributed by atoms with E-state index >= 15 is 0 Å². The highest BCUT2D eigenvalue weighted by atomic mass is 14.7. The van der Waals surface area contributed by atoms with Gasteiger partial charge < -0.3 is 5.73 Å². The van der Waals surface area contributed by atoms with Crippen molar-refractivity contribution in [3.63, 3.8) is 0 Å². The van der Waals surface area contributed by atoms with Gasteiger partial charge in [-0.25, -0.2) is 0 Å². The van der Waals surface area contributed by atoms with Crippen molar-refractivity contribution in [3.8, 4) is 0 Å². The van der Waals surface area contributed by atoms with Crippen molar-refractivity contribution in [2.45, 2.75) is 37.5 Å². The molecule has 2 N–H and O–H groups in total. The van der Waals surface area contributed by atoms with Crippen LogP contribution in [0.3, 0.4) is 0 Å². The van der Waals surface area contributed by atoms with Crippen molar-refractivity contribution >= 4 is 0 Å².